The molecule has 184 valence electrons. The van der Waals surface area contributed by atoms with Gasteiger partial charge in [-0.15, -0.1) is 0 Å². The van der Waals surface area contributed by atoms with Crippen LogP contribution < -0.4 is 0 Å². The molecule has 3 N–H and O–H groups in total. The average Bonchev–Trinajstić information content (AvgIpc) is 2.92. The van der Waals surface area contributed by atoms with E-state index >= 15 is 0 Å². The highest BCUT2D eigenvalue weighted by Crippen LogP contribution is 2.69. The molecule has 0 saturated heterocycles. The first-order valence-corrected chi connectivity index (χ1v) is 13.6. The monoisotopic (exact) mass is 446 g/mol. The third-order valence-electron chi connectivity index (χ3n) is 11.3. The van der Waals surface area contributed by atoms with Crippen molar-refractivity contribution >= 4 is 0 Å². The van der Waals surface area contributed by atoms with Crippen LogP contribution in [0.4, 0.5) is 0 Å². The SMILES string of the molecule is CC(C)CCC[C@@H](C)[C@H]1C[C@H](O)[C@@]2(O)C3=C(CC[C@]12C)[C@@]1(C)CC[C@H](O)C(C)(C)[C@@H]1CC3. The first-order valence-electron chi connectivity index (χ1n) is 13.6. The molecule has 0 heterocycles. The van der Waals surface area contributed by atoms with Crippen LogP contribution in [0.3, 0.4) is 0 Å². The fraction of sp³-hybridized carbons (Fsp3) is 0.931. The maximum Gasteiger partial charge on any atom is 0.117 e. The lowest BCUT2D eigenvalue weighted by Crippen LogP contribution is -2.60. The number of aliphatic hydroxyl groups is 3. The predicted octanol–water partition coefficient (Wildman–Crippen LogP) is 6.25. The molecule has 0 aliphatic heterocycles. The topological polar surface area (TPSA) is 60.7 Å². The van der Waals surface area contributed by atoms with E-state index in [9.17, 15) is 15.3 Å². The Bertz CT molecular complexity index is 754. The second kappa shape index (κ2) is 8.09. The molecule has 0 radical (unpaired) electrons. The Hall–Kier alpha value is -0.380. The molecular formula is C29H50O3. The lowest BCUT2D eigenvalue weighted by molar-refractivity contribution is -0.132. The van der Waals surface area contributed by atoms with E-state index in [4.69, 9.17) is 0 Å². The quantitative estimate of drug-likeness (QED) is 0.437. The van der Waals surface area contributed by atoms with Gasteiger partial charge in [0.15, 0.2) is 0 Å². The molecule has 4 rings (SSSR count). The van der Waals surface area contributed by atoms with E-state index in [1.807, 2.05) is 0 Å². The van der Waals surface area contributed by atoms with Crippen molar-refractivity contribution in [3.63, 3.8) is 0 Å². The minimum atomic E-state index is -1.08. The smallest absolute Gasteiger partial charge is 0.117 e. The van der Waals surface area contributed by atoms with Crippen LogP contribution >= 0.6 is 0 Å². The summed E-state index contributed by atoms with van der Waals surface area (Å²) in [6, 6.07) is 0. The van der Waals surface area contributed by atoms with Crippen molar-refractivity contribution in [2.75, 3.05) is 0 Å². The normalized spacial score (nSPS) is 46.6. The van der Waals surface area contributed by atoms with Crippen LogP contribution in [0.5, 0.6) is 0 Å². The van der Waals surface area contributed by atoms with E-state index in [0.717, 1.165) is 50.9 Å². The van der Waals surface area contributed by atoms with Crippen LogP contribution in [0.15, 0.2) is 11.1 Å². The largest absolute Gasteiger partial charge is 0.393 e. The number of hydrogen-bond donors (Lipinski definition) is 3. The number of rotatable bonds is 5. The minimum absolute atomic E-state index is 0.0358. The second-order valence-corrected chi connectivity index (χ2v) is 13.7. The Balaban J connectivity index is 1.67. The molecule has 2 fully saturated rings. The molecule has 3 nitrogen and oxygen atoms in total. The summed E-state index contributed by atoms with van der Waals surface area (Å²) < 4.78 is 0. The van der Waals surface area contributed by atoms with E-state index in [1.165, 1.54) is 30.4 Å². The van der Waals surface area contributed by atoms with Crippen molar-refractivity contribution in [1.29, 1.82) is 0 Å². The summed E-state index contributed by atoms with van der Waals surface area (Å²) >= 11 is 0. The summed E-state index contributed by atoms with van der Waals surface area (Å²) in [4.78, 5) is 0. The van der Waals surface area contributed by atoms with Gasteiger partial charge in [-0.05, 0) is 85.0 Å². The molecule has 0 aromatic rings. The van der Waals surface area contributed by atoms with Crippen molar-refractivity contribution in [3.8, 4) is 0 Å². The van der Waals surface area contributed by atoms with Crippen LogP contribution in [0.1, 0.15) is 113 Å². The fourth-order valence-corrected chi connectivity index (χ4v) is 9.28. The summed E-state index contributed by atoms with van der Waals surface area (Å²) in [5.74, 6) is 2.08. The Labute approximate surface area is 197 Å². The molecule has 0 spiro atoms. The lowest BCUT2D eigenvalue weighted by Gasteiger charge is -2.61. The predicted molar refractivity (Wildman–Crippen MR) is 131 cm³/mol. The van der Waals surface area contributed by atoms with Gasteiger partial charge in [-0.1, -0.05) is 73.3 Å². The van der Waals surface area contributed by atoms with Gasteiger partial charge >= 0.3 is 0 Å². The average molecular weight is 447 g/mol. The van der Waals surface area contributed by atoms with Gasteiger partial charge in [0.05, 0.1) is 12.2 Å². The van der Waals surface area contributed by atoms with E-state index < -0.39 is 11.7 Å². The van der Waals surface area contributed by atoms with E-state index in [2.05, 4.69) is 48.5 Å². The maximum absolute atomic E-state index is 12.4. The van der Waals surface area contributed by atoms with Crippen molar-refractivity contribution < 1.29 is 15.3 Å². The number of hydrogen-bond acceptors (Lipinski definition) is 3. The Morgan fingerprint density at radius 1 is 0.875 bits per heavy atom. The summed E-state index contributed by atoms with van der Waals surface area (Å²) in [7, 11) is 0. The molecule has 0 bridgehead atoms. The van der Waals surface area contributed by atoms with Crippen LogP contribution in [0.25, 0.3) is 0 Å². The van der Waals surface area contributed by atoms with E-state index in [-0.39, 0.29) is 22.3 Å². The van der Waals surface area contributed by atoms with Crippen molar-refractivity contribution in [2.45, 2.75) is 130 Å². The van der Waals surface area contributed by atoms with E-state index in [1.54, 1.807) is 0 Å². The second-order valence-electron chi connectivity index (χ2n) is 13.7. The molecule has 0 aromatic heterocycles. The first kappa shape index (κ1) is 24.7. The van der Waals surface area contributed by atoms with Gasteiger partial charge in [0.25, 0.3) is 0 Å². The minimum Gasteiger partial charge on any atom is -0.393 e. The zero-order valence-corrected chi connectivity index (χ0v) is 21.9. The van der Waals surface area contributed by atoms with Gasteiger partial charge in [-0.25, -0.2) is 0 Å². The van der Waals surface area contributed by atoms with Gasteiger partial charge in [0.2, 0.25) is 0 Å². The summed E-state index contributed by atoms with van der Waals surface area (Å²) in [5, 5.41) is 34.6. The molecule has 8 atom stereocenters. The molecule has 4 aliphatic rings. The molecular weight excluding hydrogens is 396 g/mol. The molecule has 32 heavy (non-hydrogen) atoms. The van der Waals surface area contributed by atoms with Gasteiger partial charge in [0.1, 0.15) is 5.60 Å². The number of aliphatic hydroxyl groups excluding tert-OH is 2. The highest BCUT2D eigenvalue weighted by Gasteiger charge is 2.68. The van der Waals surface area contributed by atoms with Gasteiger partial charge in [-0.3, -0.25) is 0 Å². The highest BCUT2D eigenvalue weighted by molar-refractivity contribution is 5.42. The highest BCUT2D eigenvalue weighted by atomic mass is 16.3. The third kappa shape index (κ3) is 3.31. The molecule has 0 amide bonds. The first-order chi connectivity index (χ1) is 14.8. The summed E-state index contributed by atoms with van der Waals surface area (Å²) in [5.41, 5.74) is 1.26. The molecule has 4 aliphatic carbocycles. The molecule has 0 unspecified atom stereocenters. The third-order valence-corrected chi connectivity index (χ3v) is 11.3. The molecule has 0 aromatic carbocycles. The Morgan fingerprint density at radius 3 is 2.22 bits per heavy atom. The van der Waals surface area contributed by atoms with Crippen LogP contribution in [0.2, 0.25) is 0 Å². The molecule has 3 heteroatoms. The van der Waals surface area contributed by atoms with Crippen molar-refractivity contribution in [2.24, 2.45) is 39.9 Å². The van der Waals surface area contributed by atoms with Crippen molar-refractivity contribution in [3.05, 3.63) is 11.1 Å². The van der Waals surface area contributed by atoms with Crippen LogP contribution in [-0.4, -0.2) is 33.1 Å². The Kier molecular flexibility index (Phi) is 6.25. The van der Waals surface area contributed by atoms with Crippen molar-refractivity contribution in [1.82, 2.24) is 0 Å². The fourth-order valence-electron chi connectivity index (χ4n) is 9.28. The molecule has 2 saturated carbocycles. The maximum atomic E-state index is 12.4. The zero-order valence-electron chi connectivity index (χ0n) is 21.9. The van der Waals surface area contributed by atoms with Crippen LogP contribution in [0, 0.1) is 39.9 Å². The van der Waals surface area contributed by atoms with Gasteiger partial charge in [-0.2, -0.15) is 0 Å². The standard InChI is InChI=1S/C29H50O3/c1-18(2)9-8-10-19(3)22-17-25(31)29(32)21-11-12-23-26(4,5)24(30)14-15-27(23,6)20(21)13-16-28(22,29)7/h18-19,22-25,30-32H,8-17H2,1-7H3/t19-,22-,23+,24+,25+,27-,28-,29+/m1/s1. The summed E-state index contributed by atoms with van der Waals surface area (Å²) in [6.07, 6.45) is 9.29. The van der Waals surface area contributed by atoms with E-state index in [0.29, 0.717) is 17.8 Å². The summed E-state index contributed by atoms with van der Waals surface area (Å²) in [6.45, 7) is 16.1. The number of fused-ring (bicyclic) bond motifs is 4. The van der Waals surface area contributed by atoms with Crippen LogP contribution in [-0.2, 0) is 0 Å². The Morgan fingerprint density at radius 2 is 1.56 bits per heavy atom. The van der Waals surface area contributed by atoms with Gasteiger partial charge < -0.3 is 15.3 Å². The number of allylic oxidation sites excluding steroid dienone is 1. The lowest BCUT2D eigenvalue weighted by atomic mass is 9.45. The van der Waals surface area contributed by atoms with Gasteiger partial charge in [0, 0.05) is 5.41 Å². The zero-order chi connectivity index (χ0) is 23.7.